The fourth-order valence-electron chi connectivity index (χ4n) is 3.63. The first-order chi connectivity index (χ1) is 12.5. The van der Waals surface area contributed by atoms with Gasteiger partial charge in [0.2, 0.25) is 10.0 Å². The second-order valence-electron chi connectivity index (χ2n) is 7.07. The Kier molecular flexibility index (Phi) is 4.98. The van der Waals surface area contributed by atoms with Crippen LogP contribution in [0.25, 0.3) is 0 Å². The number of nitrogens with zero attached hydrogens (tertiary/aromatic N) is 1. The van der Waals surface area contributed by atoms with E-state index in [1.165, 1.54) is 4.31 Å². The highest BCUT2D eigenvalue weighted by Gasteiger charge is 2.29. The highest BCUT2D eigenvalue weighted by Crippen LogP contribution is 2.30. The minimum atomic E-state index is -3.75. The Hall–Kier alpha value is -2.06. The molecular formula is C19H24N2O4S2. The molecule has 1 heterocycles. The zero-order valence-electron chi connectivity index (χ0n) is 15.9. The van der Waals surface area contributed by atoms with Crippen LogP contribution in [0.15, 0.2) is 35.2 Å². The van der Waals surface area contributed by atoms with E-state index in [0.29, 0.717) is 41.0 Å². The third-order valence-electron chi connectivity index (χ3n) is 4.71. The Balaban J connectivity index is 1.95. The quantitative estimate of drug-likeness (QED) is 0.842. The normalized spacial score (nSPS) is 16.5. The van der Waals surface area contributed by atoms with Gasteiger partial charge in [-0.05, 0) is 69.0 Å². The summed E-state index contributed by atoms with van der Waals surface area (Å²) in [7, 11) is -7.02. The van der Waals surface area contributed by atoms with Gasteiger partial charge in [0.1, 0.15) is 0 Å². The maximum absolute atomic E-state index is 12.9. The third kappa shape index (κ3) is 3.82. The van der Waals surface area contributed by atoms with Gasteiger partial charge in [-0.25, -0.2) is 16.8 Å². The van der Waals surface area contributed by atoms with Gasteiger partial charge in [-0.2, -0.15) is 0 Å². The SMILES string of the molecule is Cc1cc(C)c(S(=O)(=O)Nc2ccc(N3CCCS3(=O)=O)cc2C)c(C)c1. The van der Waals surface area contributed by atoms with Gasteiger partial charge in [-0.3, -0.25) is 9.03 Å². The molecular weight excluding hydrogens is 384 g/mol. The maximum atomic E-state index is 12.9. The molecule has 1 fully saturated rings. The standard InChI is InChI=1S/C19H24N2O4S2/c1-13-10-15(3)19(16(4)11-13)27(24,25)20-18-7-6-17(12-14(18)2)21-8-5-9-26(21,22)23/h6-7,10-12,20H,5,8-9H2,1-4H3. The van der Waals surface area contributed by atoms with E-state index in [9.17, 15) is 16.8 Å². The average molecular weight is 409 g/mol. The van der Waals surface area contributed by atoms with E-state index in [1.54, 1.807) is 39.0 Å². The minimum absolute atomic E-state index is 0.145. The summed E-state index contributed by atoms with van der Waals surface area (Å²) in [4.78, 5) is 0.277. The number of nitrogens with one attached hydrogen (secondary N) is 1. The fourth-order valence-corrected chi connectivity index (χ4v) is 6.78. The van der Waals surface area contributed by atoms with Crippen LogP contribution in [0, 0.1) is 27.7 Å². The van der Waals surface area contributed by atoms with Crippen molar-refractivity contribution >= 4 is 31.4 Å². The van der Waals surface area contributed by atoms with Crippen molar-refractivity contribution in [3.8, 4) is 0 Å². The monoisotopic (exact) mass is 408 g/mol. The lowest BCUT2D eigenvalue weighted by molar-refractivity contribution is 0.597. The molecule has 0 aliphatic carbocycles. The molecule has 1 N–H and O–H groups in total. The molecule has 1 aliphatic rings. The number of benzene rings is 2. The van der Waals surface area contributed by atoms with Crippen molar-refractivity contribution in [2.75, 3.05) is 21.3 Å². The number of sulfonamides is 2. The summed E-state index contributed by atoms with van der Waals surface area (Å²) in [6, 6.07) is 8.65. The zero-order chi connectivity index (χ0) is 20.0. The van der Waals surface area contributed by atoms with Gasteiger partial charge < -0.3 is 0 Å². The smallest absolute Gasteiger partial charge is 0.262 e. The average Bonchev–Trinajstić information content (AvgIpc) is 2.87. The summed E-state index contributed by atoms with van der Waals surface area (Å²) in [6.45, 7) is 7.71. The number of anilines is 2. The Labute approximate surface area is 161 Å². The molecule has 27 heavy (non-hydrogen) atoms. The van der Waals surface area contributed by atoms with Gasteiger partial charge in [-0.1, -0.05) is 17.7 Å². The van der Waals surface area contributed by atoms with E-state index < -0.39 is 20.0 Å². The van der Waals surface area contributed by atoms with Crippen LogP contribution in [-0.4, -0.2) is 29.1 Å². The van der Waals surface area contributed by atoms with E-state index in [0.717, 1.165) is 5.56 Å². The summed E-state index contributed by atoms with van der Waals surface area (Å²) in [5.41, 5.74) is 4.07. The molecule has 146 valence electrons. The van der Waals surface area contributed by atoms with Crippen molar-refractivity contribution in [3.63, 3.8) is 0 Å². The fraction of sp³-hybridized carbons (Fsp3) is 0.368. The molecule has 3 rings (SSSR count). The Morgan fingerprint density at radius 2 is 1.59 bits per heavy atom. The van der Waals surface area contributed by atoms with Crippen molar-refractivity contribution in [2.45, 2.75) is 39.0 Å². The number of rotatable bonds is 4. The van der Waals surface area contributed by atoms with E-state index in [1.807, 2.05) is 19.1 Å². The van der Waals surface area contributed by atoms with Gasteiger partial charge in [0, 0.05) is 6.54 Å². The Morgan fingerprint density at radius 3 is 2.11 bits per heavy atom. The first kappa shape index (κ1) is 19.7. The van der Waals surface area contributed by atoms with E-state index in [-0.39, 0.29) is 10.6 Å². The molecule has 0 aromatic heterocycles. The minimum Gasteiger partial charge on any atom is -0.279 e. The Bertz CT molecular complexity index is 1080. The summed E-state index contributed by atoms with van der Waals surface area (Å²) >= 11 is 0. The van der Waals surface area contributed by atoms with Crippen LogP contribution in [0.3, 0.4) is 0 Å². The largest absolute Gasteiger partial charge is 0.279 e. The number of hydrogen-bond donors (Lipinski definition) is 1. The summed E-state index contributed by atoms with van der Waals surface area (Å²) in [5, 5.41) is 0. The molecule has 1 aliphatic heterocycles. The predicted molar refractivity (Wildman–Crippen MR) is 108 cm³/mol. The van der Waals surface area contributed by atoms with Crippen molar-refractivity contribution in [1.82, 2.24) is 0 Å². The van der Waals surface area contributed by atoms with Crippen LogP contribution in [0.1, 0.15) is 28.7 Å². The molecule has 2 aromatic carbocycles. The van der Waals surface area contributed by atoms with Crippen LogP contribution in [0.2, 0.25) is 0 Å². The summed E-state index contributed by atoms with van der Waals surface area (Å²) in [6.07, 6.45) is 0.599. The van der Waals surface area contributed by atoms with Crippen molar-refractivity contribution in [2.24, 2.45) is 0 Å². The molecule has 0 saturated carbocycles. The molecule has 8 heteroatoms. The van der Waals surface area contributed by atoms with Crippen LogP contribution in [0.5, 0.6) is 0 Å². The van der Waals surface area contributed by atoms with Crippen molar-refractivity contribution < 1.29 is 16.8 Å². The lowest BCUT2D eigenvalue weighted by Crippen LogP contribution is -2.25. The van der Waals surface area contributed by atoms with Gasteiger partial charge >= 0.3 is 0 Å². The van der Waals surface area contributed by atoms with Gasteiger partial charge in [0.15, 0.2) is 0 Å². The third-order valence-corrected chi connectivity index (χ3v) is 8.25. The first-order valence-corrected chi connectivity index (χ1v) is 11.8. The maximum Gasteiger partial charge on any atom is 0.262 e. The van der Waals surface area contributed by atoms with Crippen molar-refractivity contribution in [3.05, 3.63) is 52.6 Å². The van der Waals surface area contributed by atoms with Gasteiger partial charge in [0.05, 0.1) is 22.0 Å². The first-order valence-electron chi connectivity index (χ1n) is 8.73. The summed E-state index contributed by atoms with van der Waals surface area (Å²) in [5.74, 6) is 0.145. The second kappa shape index (κ2) is 6.83. The molecule has 0 bridgehead atoms. The van der Waals surface area contributed by atoms with E-state index in [2.05, 4.69) is 4.72 Å². The van der Waals surface area contributed by atoms with Crippen LogP contribution in [0.4, 0.5) is 11.4 Å². The van der Waals surface area contributed by atoms with Gasteiger partial charge in [-0.15, -0.1) is 0 Å². The lowest BCUT2D eigenvalue weighted by atomic mass is 10.1. The second-order valence-corrected chi connectivity index (χ2v) is 10.7. The predicted octanol–water partition coefficient (Wildman–Crippen LogP) is 3.26. The lowest BCUT2D eigenvalue weighted by Gasteiger charge is -2.19. The zero-order valence-corrected chi connectivity index (χ0v) is 17.5. The molecule has 6 nitrogen and oxygen atoms in total. The van der Waals surface area contributed by atoms with Crippen LogP contribution in [-0.2, 0) is 20.0 Å². The van der Waals surface area contributed by atoms with E-state index in [4.69, 9.17) is 0 Å². The highest BCUT2D eigenvalue weighted by molar-refractivity contribution is 7.93. The molecule has 0 unspecified atom stereocenters. The molecule has 0 amide bonds. The molecule has 0 atom stereocenters. The van der Waals surface area contributed by atoms with Crippen molar-refractivity contribution in [1.29, 1.82) is 0 Å². The molecule has 1 saturated heterocycles. The molecule has 2 aromatic rings. The van der Waals surface area contributed by atoms with Crippen LogP contribution >= 0.6 is 0 Å². The molecule has 0 spiro atoms. The highest BCUT2D eigenvalue weighted by atomic mass is 32.2. The number of aryl methyl sites for hydroxylation is 4. The molecule has 0 radical (unpaired) electrons. The van der Waals surface area contributed by atoms with Crippen LogP contribution < -0.4 is 9.03 Å². The number of hydrogen-bond acceptors (Lipinski definition) is 4. The Morgan fingerprint density at radius 1 is 0.963 bits per heavy atom. The van der Waals surface area contributed by atoms with E-state index >= 15 is 0 Å². The topological polar surface area (TPSA) is 83.6 Å². The van der Waals surface area contributed by atoms with Gasteiger partial charge in [0.25, 0.3) is 10.0 Å². The summed E-state index contributed by atoms with van der Waals surface area (Å²) < 4.78 is 54.1.